The van der Waals surface area contributed by atoms with Gasteiger partial charge in [-0.1, -0.05) is 6.07 Å². The SMILES string of the molecule is N=CN(C(=N)c1cccc(NC(=O)c2cc3c(cc2F)OCC(=O)N3)n1)C1CC1. The number of hydrogen-bond acceptors (Lipinski definition) is 6. The Bertz CT molecular complexity index is 1040. The molecular weight excluding hydrogens is 379 g/mol. The molecule has 29 heavy (non-hydrogen) atoms. The van der Waals surface area contributed by atoms with Crippen LogP contribution in [0.4, 0.5) is 15.9 Å². The Morgan fingerprint density at radius 2 is 2.17 bits per heavy atom. The van der Waals surface area contributed by atoms with Crippen molar-refractivity contribution in [2.24, 2.45) is 0 Å². The minimum absolute atomic E-state index is 0.0541. The van der Waals surface area contributed by atoms with Gasteiger partial charge in [0.15, 0.2) is 12.4 Å². The predicted octanol–water partition coefficient (Wildman–Crippen LogP) is 2.20. The first kappa shape index (κ1) is 18.5. The number of amidine groups is 1. The van der Waals surface area contributed by atoms with Crippen LogP contribution in [0.1, 0.15) is 28.9 Å². The van der Waals surface area contributed by atoms with Crippen molar-refractivity contribution in [1.29, 1.82) is 10.8 Å². The third-order valence-corrected chi connectivity index (χ3v) is 4.52. The molecule has 0 unspecified atom stereocenters. The van der Waals surface area contributed by atoms with Crippen molar-refractivity contribution in [3.63, 3.8) is 0 Å². The number of pyridine rings is 1. The molecule has 10 heteroatoms. The van der Waals surface area contributed by atoms with Crippen LogP contribution in [0, 0.1) is 16.6 Å². The van der Waals surface area contributed by atoms with E-state index in [0.29, 0.717) is 0 Å². The van der Waals surface area contributed by atoms with E-state index in [2.05, 4.69) is 15.6 Å². The molecule has 1 fully saturated rings. The Balaban J connectivity index is 1.54. The number of nitrogens with one attached hydrogen (secondary N) is 4. The van der Waals surface area contributed by atoms with E-state index >= 15 is 0 Å². The van der Waals surface area contributed by atoms with Gasteiger partial charge in [-0.15, -0.1) is 0 Å². The van der Waals surface area contributed by atoms with Gasteiger partial charge in [0, 0.05) is 12.1 Å². The zero-order valence-corrected chi connectivity index (χ0v) is 15.2. The second-order valence-electron chi connectivity index (χ2n) is 6.64. The van der Waals surface area contributed by atoms with E-state index in [1.807, 2.05) is 0 Å². The molecule has 4 rings (SSSR count). The quantitative estimate of drug-likeness (QED) is 0.455. The van der Waals surface area contributed by atoms with E-state index in [9.17, 15) is 14.0 Å². The number of fused-ring (bicyclic) bond motifs is 1. The molecule has 0 bridgehead atoms. The first-order valence-corrected chi connectivity index (χ1v) is 8.88. The molecule has 1 aliphatic heterocycles. The summed E-state index contributed by atoms with van der Waals surface area (Å²) in [5.74, 6) is -1.61. The molecule has 0 spiro atoms. The summed E-state index contributed by atoms with van der Waals surface area (Å²) in [6.45, 7) is -0.214. The van der Waals surface area contributed by atoms with Crippen LogP contribution in [-0.4, -0.2) is 46.5 Å². The van der Waals surface area contributed by atoms with Gasteiger partial charge in [-0.2, -0.15) is 0 Å². The van der Waals surface area contributed by atoms with Crippen LogP contribution in [0.15, 0.2) is 30.3 Å². The summed E-state index contributed by atoms with van der Waals surface area (Å²) in [6.07, 6.45) is 2.91. The number of carbonyl (C=O) groups is 2. The van der Waals surface area contributed by atoms with E-state index in [4.69, 9.17) is 15.6 Å². The number of nitrogens with zero attached hydrogens (tertiary/aromatic N) is 2. The number of ether oxygens (including phenoxy) is 1. The molecule has 1 aromatic carbocycles. The summed E-state index contributed by atoms with van der Waals surface area (Å²) in [6, 6.07) is 7.10. The van der Waals surface area contributed by atoms with Crippen LogP contribution in [-0.2, 0) is 4.79 Å². The lowest BCUT2D eigenvalue weighted by Crippen LogP contribution is -2.32. The molecule has 1 aromatic heterocycles. The normalized spacial score (nSPS) is 14.9. The summed E-state index contributed by atoms with van der Waals surface area (Å²) < 4.78 is 19.5. The highest BCUT2D eigenvalue weighted by atomic mass is 19.1. The Labute approximate surface area is 164 Å². The van der Waals surface area contributed by atoms with E-state index in [1.165, 1.54) is 17.0 Å². The van der Waals surface area contributed by atoms with E-state index in [-0.39, 0.29) is 47.0 Å². The van der Waals surface area contributed by atoms with Crippen LogP contribution in [0.2, 0.25) is 0 Å². The van der Waals surface area contributed by atoms with Crippen LogP contribution in [0.3, 0.4) is 0 Å². The standard InChI is InChI=1S/C19H17FN6O3/c20-12-7-15-14(24-17(27)8-29-15)6-11(12)19(28)25-16-3-1-2-13(23-16)18(22)26(9-21)10-4-5-10/h1-3,6-7,9-10,21-22H,4-5,8H2,(H,24,27)(H,23,25,28). The van der Waals surface area contributed by atoms with Crippen LogP contribution in [0.25, 0.3) is 0 Å². The smallest absolute Gasteiger partial charge is 0.262 e. The molecule has 1 aliphatic carbocycles. The molecule has 2 aliphatic rings. The van der Waals surface area contributed by atoms with Crippen LogP contribution < -0.4 is 15.4 Å². The van der Waals surface area contributed by atoms with Gasteiger partial charge in [-0.25, -0.2) is 9.37 Å². The Hall–Kier alpha value is -3.82. The maximum atomic E-state index is 14.3. The topological polar surface area (TPSA) is 131 Å². The van der Waals surface area contributed by atoms with Gasteiger partial charge >= 0.3 is 0 Å². The first-order chi connectivity index (χ1) is 14.0. The number of carbonyl (C=O) groups excluding carboxylic acids is 2. The van der Waals surface area contributed by atoms with E-state index < -0.39 is 17.6 Å². The maximum absolute atomic E-state index is 14.3. The molecule has 2 heterocycles. The summed E-state index contributed by atoms with van der Waals surface area (Å²) in [7, 11) is 0. The number of hydrogen-bond donors (Lipinski definition) is 4. The van der Waals surface area contributed by atoms with Gasteiger partial charge in [0.05, 0.1) is 17.6 Å². The molecule has 148 valence electrons. The largest absolute Gasteiger partial charge is 0.481 e. The number of amides is 2. The second-order valence-corrected chi connectivity index (χ2v) is 6.64. The lowest BCUT2D eigenvalue weighted by Gasteiger charge is -2.19. The van der Waals surface area contributed by atoms with Crippen molar-refractivity contribution in [3.8, 4) is 5.75 Å². The summed E-state index contributed by atoms with van der Waals surface area (Å²) in [5, 5.41) is 20.8. The van der Waals surface area contributed by atoms with Gasteiger partial charge in [-0.3, -0.25) is 20.4 Å². The number of aromatic nitrogens is 1. The fraction of sp³-hybridized carbons (Fsp3) is 0.211. The third kappa shape index (κ3) is 3.77. The maximum Gasteiger partial charge on any atom is 0.262 e. The van der Waals surface area contributed by atoms with E-state index in [1.54, 1.807) is 12.1 Å². The van der Waals surface area contributed by atoms with Crippen LogP contribution >= 0.6 is 0 Å². The molecule has 1 saturated carbocycles. The van der Waals surface area contributed by atoms with Crippen molar-refractivity contribution in [2.45, 2.75) is 18.9 Å². The molecule has 9 nitrogen and oxygen atoms in total. The van der Waals surface area contributed by atoms with Gasteiger partial charge in [0.2, 0.25) is 0 Å². The van der Waals surface area contributed by atoms with Gasteiger partial charge in [0.1, 0.15) is 23.1 Å². The molecular formula is C19H17FN6O3. The zero-order valence-electron chi connectivity index (χ0n) is 15.2. The highest BCUT2D eigenvalue weighted by molar-refractivity contribution is 6.06. The molecule has 2 amide bonds. The number of rotatable bonds is 5. The Morgan fingerprint density at radius 3 is 2.90 bits per heavy atom. The Kier molecular flexibility index (Phi) is 4.67. The van der Waals surface area contributed by atoms with Crippen molar-refractivity contribution < 1.29 is 18.7 Å². The van der Waals surface area contributed by atoms with Gasteiger partial charge in [-0.05, 0) is 31.0 Å². The summed E-state index contributed by atoms with van der Waals surface area (Å²) in [5.41, 5.74) is 0.211. The van der Waals surface area contributed by atoms with Crippen molar-refractivity contribution in [2.75, 3.05) is 17.2 Å². The van der Waals surface area contributed by atoms with E-state index in [0.717, 1.165) is 25.2 Å². The Morgan fingerprint density at radius 1 is 1.38 bits per heavy atom. The average molecular weight is 396 g/mol. The fourth-order valence-electron chi connectivity index (χ4n) is 2.93. The van der Waals surface area contributed by atoms with Crippen molar-refractivity contribution in [3.05, 3.63) is 47.4 Å². The number of halogens is 1. The van der Waals surface area contributed by atoms with Gasteiger partial charge < -0.3 is 20.3 Å². The predicted molar refractivity (Wildman–Crippen MR) is 103 cm³/mol. The molecule has 4 N–H and O–H groups in total. The molecule has 0 saturated heterocycles. The van der Waals surface area contributed by atoms with Crippen molar-refractivity contribution in [1.82, 2.24) is 9.88 Å². The minimum atomic E-state index is -0.801. The van der Waals surface area contributed by atoms with Gasteiger partial charge in [0.25, 0.3) is 11.8 Å². The average Bonchev–Trinajstić information content (AvgIpc) is 3.53. The lowest BCUT2D eigenvalue weighted by atomic mass is 10.1. The summed E-state index contributed by atoms with van der Waals surface area (Å²) in [4.78, 5) is 29.7. The third-order valence-electron chi connectivity index (χ3n) is 4.52. The number of benzene rings is 1. The summed E-state index contributed by atoms with van der Waals surface area (Å²) >= 11 is 0. The molecule has 0 radical (unpaired) electrons. The number of anilines is 2. The fourth-order valence-corrected chi connectivity index (χ4v) is 2.93. The minimum Gasteiger partial charge on any atom is -0.481 e. The second kappa shape index (κ2) is 7.30. The molecule has 2 aromatic rings. The monoisotopic (exact) mass is 396 g/mol. The lowest BCUT2D eigenvalue weighted by molar-refractivity contribution is -0.118. The van der Waals surface area contributed by atoms with Crippen molar-refractivity contribution >= 4 is 35.5 Å². The van der Waals surface area contributed by atoms with Crippen LogP contribution in [0.5, 0.6) is 5.75 Å². The first-order valence-electron chi connectivity index (χ1n) is 8.88. The highest BCUT2D eigenvalue weighted by Crippen LogP contribution is 2.31. The molecule has 0 atom stereocenters. The zero-order chi connectivity index (χ0) is 20.5. The highest BCUT2D eigenvalue weighted by Gasteiger charge is 2.30.